The second-order valence-corrected chi connectivity index (χ2v) is 11.5. The van der Waals surface area contributed by atoms with E-state index < -0.39 is 0 Å². The minimum absolute atomic E-state index is 0.431. The molecular weight excluding hydrogens is 436 g/mol. The molecule has 0 radical (unpaired) electrons. The van der Waals surface area contributed by atoms with E-state index >= 15 is 0 Å². The molecule has 4 aliphatic carbocycles. The van der Waals surface area contributed by atoms with Crippen molar-refractivity contribution in [3.05, 3.63) is 87.7 Å². The fraction of sp³-hybridized carbons (Fsp3) is 0.387. The second-order valence-electron chi connectivity index (χ2n) is 11.1. The molecule has 0 amide bonds. The number of nitrogens with zero attached hydrogens (tertiary/aromatic N) is 2. The highest BCUT2D eigenvalue weighted by molar-refractivity contribution is 6.30. The molecule has 0 saturated heterocycles. The molecule has 2 aromatic carbocycles. The molecule has 7 rings (SSSR count). The van der Waals surface area contributed by atoms with E-state index in [0.29, 0.717) is 16.0 Å². The van der Waals surface area contributed by atoms with Crippen molar-refractivity contribution in [3.63, 3.8) is 0 Å². The topological polar surface area (TPSA) is 28.7 Å². The maximum atomic E-state index is 9.79. The van der Waals surface area contributed by atoms with Gasteiger partial charge < -0.3 is 4.57 Å². The number of hydrogen-bond acceptors (Lipinski definition) is 1. The summed E-state index contributed by atoms with van der Waals surface area (Å²) in [5.41, 5.74) is 8.05. The van der Waals surface area contributed by atoms with Crippen LogP contribution < -0.4 is 0 Å². The van der Waals surface area contributed by atoms with E-state index in [0.717, 1.165) is 34.6 Å². The number of hydrogen-bond donors (Lipinski definition) is 0. The molecule has 0 spiro atoms. The van der Waals surface area contributed by atoms with Crippen molar-refractivity contribution in [2.75, 3.05) is 0 Å². The van der Waals surface area contributed by atoms with Gasteiger partial charge in [0.05, 0.1) is 11.6 Å². The first kappa shape index (κ1) is 21.8. The first-order valence-corrected chi connectivity index (χ1v) is 13.0. The quantitative estimate of drug-likeness (QED) is 0.355. The first-order valence-electron chi connectivity index (χ1n) is 12.6. The van der Waals surface area contributed by atoms with Crippen molar-refractivity contribution in [3.8, 4) is 11.8 Å². The zero-order valence-corrected chi connectivity index (χ0v) is 20.8. The van der Waals surface area contributed by atoms with E-state index in [1.165, 1.54) is 49.9 Å². The lowest BCUT2D eigenvalue weighted by Gasteiger charge is -2.57. The van der Waals surface area contributed by atoms with Crippen LogP contribution in [0.1, 0.15) is 66.6 Å². The van der Waals surface area contributed by atoms with E-state index in [4.69, 9.17) is 11.6 Å². The van der Waals surface area contributed by atoms with Crippen LogP contribution in [0.25, 0.3) is 17.3 Å². The number of allylic oxidation sites excluding steroid dienone is 1. The lowest BCUT2D eigenvalue weighted by atomic mass is 9.48. The van der Waals surface area contributed by atoms with Crippen LogP contribution in [-0.2, 0) is 5.41 Å². The fourth-order valence-corrected chi connectivity index (χ4v) is 7.94. The summed E-state index contributed by atoms with van der Waals surface area (Å²) in [5.74, 6) is 2.88. The Morgan fingerprint density at radius 2 is 1.62 bits per heavy atom. The van der Waals surface area contributed by atoms with E-state index in [2.05, 4.69) is 54.8 Å². The largest absolute Gasteiger partial charge is 0.318 e. The predicted molar refractivity (Wildman–Crippen MR) is 140 cm³/mol. The van der Waals surface area contributed by atoms with Crippen LogP contribution in [-0.4, -0.2) is 4.57 Å². The van der Waals surface area contributed by atoms with Crippen molar-refractivity contribution in [2.24, 2.45) is 17.8 Å². The standard InChI is InChI=1S/C31H31ClN2/c1-20-10-26(14-27(19-33)25-4-3-5-29(32)15-25)21(2)34(20)30-8-6-28(7-9-30)31-16-22-11-23(17-31)13-24(12-22)18-31/h3-10,14-15,22-24H,11-13,16-18H2,1-2H3/b27-14-. The van der Waals surface area contributed by atoms with Crippen LogP contribution in [0.2, 0.25) is 5.02 Å². The summed E-state index contributed by atoms with van der Waals surface area (Å²) in [6.45, 7) is 4.28. The number of benzene rings is 2. The van der Waals surface area contributed by atoms with Gasteiger partial charge in [-0.05, 0) is 129 Å². The molecule has 172 valence electrons. The second kappa shape index (κ2) is 8.17. The smallest absolute Gasteiger partial charge is 0.0998 e. The third-order valence-electron chi connectivity index (χ3n) is 8.80. The molecular formula is C31H31ClN2. The Morgan fingerprint density at radius 1 is 0.971 bits per heavy atom. The number of aryl methyl sites for hydroxylation is 1. The fourth-order valence-electron chi connectivity index (χ4n) is 7.75. The molecule has 1 aromatic heterocycles. The van der Waals surface area contributed by atoms with Crippen LogP contribution in [0.15, 0.2) is 54.6 Å². The molecule has 4 aliphatic rings. The van der Waals surface area contributed by atoms with Crippen LogP contribution in [0.5, 0.6) is 0 Å². The summed E-state index contributed by atoms with van der Waals surface area (Å²) in [4.78, 5) is 0. The van der Waals surface area contributed by atoms with Gasteiger partial charge in [-0.3, -0.25) is 0 Å². The average Bonchev–Trinajstić information content (AvgIpc) is 3.09. The van der Waals surface area contributed by atoms with E-state index in [1.54, 1.807) is 5.56 Å². The maximum Gasteiger partial charge on any atom is 0.0998 e. The van der Waals surface area contributed by atoms with Gasteiger partial charge in [-0.2, -0.15) is 5.26 Å². The Balaban J connectivity index is 1.32. The van der Waals surface area contributed by atoms with Crippen LogP contribution in [0, 0.1) is 42.9 Å². The summed E-state index contributed by atoms with van der Waals surface area (Å²) in [5, 5.41) is 10.4. The van der Waals surface area contributed by atoms with Crippen molar-refractivity contribution in [1.82, 2.24) is 4.57 Å². The maximum absolute atomic E-state index is 9.79. The normalized spacial score (nSPS) is 27.7. The van der Waals surface area contributed by atoms with Gasteiger partial charge in [0.25, 0.3) is 0 Å². The first-order chi connectivity index (χ1) is 16.4. The van der Waals surface area contributed by atoms with Gasteiger partial charge in [-0.1, -0.05) is 35.9 Å². The minimum Gasteiger partial charge on any atom is -0.318 e. The summed E-state index contributed by atoms with van der Waals surface area (Å²) in [7, 11) is 0. The zero-order valence-electron chi connectivity index (χ0n) is 20.0. The molecule has 34 heavy (non-hydrogen) atoms. The Labute approximate surface area is 207 Å². The molecule has 0 atom stereocenters. The molecule has 3 heteroatoms. The number of aromatic nitrogens is 1. The van der Waals surface area contributed by atoms with Gasteiger partial charge in [-0.15, -0.1) is 0 Å². The number of rotatable bonds is 4. The molecule has 1 heterocycles. The van der Waals surface area contributed by atoms with Gasteiger partial charge in [0.2, 0.25) is 0 Å². The van der Waals surface area contributed by atoms with Crippen LogP contribution in [0.3, 0.4) is 0 Å². The van der Waals surface area contributed by atoms with Crippen LogP contribution >= 0.6 is 11.6 Å². The van der Waals surface area contributed by atoms with Gasteiger partial charge in [0, 0.05) is 22.1 Å². The SMILES string of the molecule is Cc1cc(/C=C(/C#N)c2cccc(Cl)c2)c(C)n1-c1ccc(C23CC4CC(CC(C4)C2)C3)cc1. The molecule has 4 fully saturated rings. The number of nitriles is 1. The molecule has 3 aromatic rings. The lowest BCUT2D eigenvalue weighted by molar-refractivity contribution is -0.00518. The summed E-state index contributed by atoms with van der Waals surface area (Å²) >= 11 is 6.16. The average molecular weight is 467 g/mol. The lowest BCUT2D eigenvalue weighted by Crippen LogP contribution is -2.48. The monoisotopic (exact) mass is 466 g/mol. The Bertz CT molecular complexity index is 1280. The third kappa shape index (κ3) is 3.62. The molecule has 0 aliphatic heterocycles. The molecule has 4 bridgehead atoms. The minimum atomic E-state index is 0.431. The van der Waals surface area contributed by atoms with Gasteiger partial charge in [-0.25, -0.2) is 0 Å². The van der Waals surface area contributed by atoms with E-state index in [1.807, 2.05) is 30.3 Å². The zero-order chi connectivity index (χ0) is 23.4. The summed E-state index contributed by atoms with van der Waals surface area (Å²) in [6, 6.07) is 21.5. The molecule has 0 N–H and O–H groups in total. The molecule has 0 unspecified atom stereocenters. The number of halogens is 1. The van der Waals surface area contributed by atoms with Crippen molar-refractivity contribution >= 4 is 23.3 Å². The third-order valence-corrected chi connectivity index (χ3v) is 9.04. The Morgan fingerprint density at radius 3 is 2.21 bits per heavy atom. The summed E-state index contributed by atoms with van der Waals surface area (Å²) < 4.78 is 2.31. The Kier molecular flexibility index (Phi) is 5.23. The van der Waals surface area contributed by atoms with Crippen molar-refractivity contribution < 1.29 is 0 Å². The predicted octanol–water partition coefficient (Wildman–Crippen LogP) is 8.28. The highest BCUT2D eigenvalue weighted by Crippen LogP contribution is 2.60. The Hall–Kier alpha value is -2.76. The highest BCUT2D eigenvalue weighted by atomic mass is 35.5. The highest BCUT2D eigenvalue weighted by Gasteiger charge is 2.51. The van der Waals surface area contributed by atoms with Crippen LogP contribution in [0.4, 0.5) is 0 Å². The van der Waals surface area contributed by atoms with Gasteiger partial charge in [0.15, 0.2) is 0 Å². The van der Waals surface area contributed by atoms with Crippen molar-refractivity contribution in [2.45, 2.75) is 57.8 Å². The summed E-state index contributed by atoms with van der Waals surface area (Å²) in [6.07, 6.45) is 10.6. The van der Waals surface area contributed by atoms with E-state index in [9.17, 15) is 5.26 Å². The van der Waals surface area contributed by atoms with Gasteiger partial charge >= 0.3 is 0 Å². The van der Waals surface area contributed by atoms with Crippen molar-refractivity contribution in [1.29, 1.82) is 5.26 Å². The van der Waals surface area contributed by atoms with Gasteiger partial charge in [0.1, 0.15) is 0 Å². The molecule has 4 saturated carbocycles. The molecule has 2 nitrogen and oxygen atoms in total. The van der Waals surface area contributed by atoms with E-state index in [-0.39, 0.29) is 0 Å².